The summed E-state index contributed by atoms with van der Waals surface area (Å²) < 4.78 is 0. The maximum Gasteiger partial charge on any atom is 0.279 e. The monoisotopic (exact) mass is 430 g/mol. The maximum atomic E-state index is 12.5. The highest BCUT2D eigenvalue weighted by molar-refractivity contribution is 6.33. The number of rotatable bonds is 6. The fourth-order valence-electron chi connectivity index (χ4n) is 3.88. The Balaban J connectivity index is 1.43. The second-order valence-corrected chi connectivity index (χ2v) is 8.61. The molecule has 2 aromatic rings. The van der Waals surface area contributed by atoms with E-state index in [4.69, 9.17) is 11.6 Å². The fourth-order valence-corrected chi connectivity index (χ4v) is 4.16. The molecule has 3 rings (SSSR count). The lowest BCUT2D eigenvalue weighted by atomic mass is 10.1. The first-order chi connectivity index (χ1) is 14.3. The molecule has 1 fully saturated rings. The zero-order valence-electron chi connectivity index (χ0n) is 17.9. The average molecular weight is 431 g/mol. The van der Waals surface area contributed by atoms with Gasteiger partial charge in [0.25, 0.3) is 11.8 Å². The van der Waals surface area contributed by atoms with E-state index in [1.807, 2.05) is 57.2 Å². The number of aryl methyl sites for hydroxylation is 3. The summed E-state index contributed by atoms with van der Waals surface area (Å²) in [7, 11) is 0. The van der Waals surface area contributed by atoms with Crippen molar-refractivity contribution in [1.29, 1.82) is 0 Å². The van der Waals surface area contributed by atoms with Gasteiger partial charge in [0.2, 0.25) is 0 Å². The van der Waals surface area contributed by atoms with Crippen LogP contribution >= 0.6 is 11.6 Å². The molecular formula is C23H31ClN4O2+2. The Kier molecular flexibility index (Phi) is 7.48. The Morgan fingerprint density at radius 3 is 1.93 bits per heavy atom. The summed E-state index contributed by atoms with van der Waals surface area (Å²) in [5.41, 5.74) is 4.78. The van der Waals surface area contributed by atoms with Crippen LogP contribution in [0, 0.1) is 20.8 Å². The Hall–Kier alpha value is -2.41. The van der Waals surface area contributed by atoms with Gasteiger partial charge in [0.15, 0.2) is 13.1 Å². The van der Waals surface area contributed by atoms with Crippen LogP contribution in [0.3, 0.4) is 0 Å². The van der Waals surface area contributed by atoms with Gasteiger partial charge in [-0.1, -0.05) is 35.9 Å². The summed E-state index contributed by atoms with van der Waals surface area (Å²) in [5, 5.41) is 6.52. The van der Waals surface area contributed by atoms with Crippen molar-refractivity contribution in [3.63, 3.8) is 0 Å². The van der Waals surface area contributed by atoms with Crippen molar-refractivity contribution in [2.45, 2.75) is 20.8 Å². The van der Waals surface area contributed by atoms with Crippen molar-refractivity contribution in [2.24, 2.45) is 0 Å². The molecule has 1 aliphatic heterocycles. The van der Waals surface area contributed by atoms with Crippen LogP contribution in [0.5, 0.6) is 0 Å². The van der Waals surface area contributed by atoms with E-state index in [1.165, 1.54) is 9.80 Å². The summed E-state index contributed by atoms with van der Waals surface area (Å²) in [6.07, 6.45) is 0. The molecule has 0 aliphatic carbocycles. The fraction of sp³-hybridized carbons (Fsp3) is 0.391. The van der Waals surface area contributed by atoms with Crippen LogP contribution in [-0.2, 0) is 9.59 Å². The van der Waals surface area contributed by atoms with Crippen molar-refractivity contribution in [3.05, 3.63) is 58.1 Å². The van der Waals surface area contributed by atoms with Crippen LogP contribution < -0.4 is 20.4 Å². The van der Waals surface area contributed by atoms with Gasteiger partial charge in [0.05, 0.1) is 10.7 Å². The van der Waals surface area contributed by atoms with Crippen molar-refractivity contribution in [2.75, 3.05) is 49.9 Å². The number of hydrogen-bond acceptors (Lipinski definition) is 2. The van der Waals surface area contributed by atoms with Crippen molar-refractivity contribution in [1.82, 2.24) is 0 Å². The van der Waals surface area contributed by atoms with Crippen LogP contribution in [0.25, 0.3) is 0 Å². The third kappa shape index (κ3) is 6.05. The molecule has 0 bridgehead atoms. The van der Waals surface area contributed by atoms with Gasteiger partial charge >= 0.3 is 0 Å². The van der Waals surface area contributed by atoms with E-state index < -0.39 is 0 Å². The first kappa shape index (κ1) is 22.3. The molecule has 2 aromatic carbocycles. The van der Waals surface area contributed by atoms with Crippen LogP contribution in [0.1, 0.15) is 16.7 Å². The minimum atomic E-state index is -0.0352. The van der Waals surface area contributed by atoms with Crippen LogP contribution in [0.2, 0.25) is 5.02 Å². The zero-order valence-corrected chi connectivity index (χ0v) is 18.7. The van der Waals surface area contributed by atoms with E-state index in [2.05, 4.69) is 10.6 Å². The summed E-state index contributed by atoms with van der Waals surface area (Å²) >= 11 is 6.20. The van der Waals surface area contributed by atoms with Gasteiger partial charge in [-0.15, -0.1) is 0 Å². The molecule has 0 unspecified atom stereocenters. The van der Waals surface area contributed by atoms with Gasteiger partial charge in [-0.3, -0.25) is 9.59 Å². The first-order valence-corrected chi connectivity index (χ1v) is 10.8. The lowest BCUT2D eigenvalue weighted by Gasteiger charge is -2.29. The molecular weight excluding hydrogens is 400 g/mol. The number of piperazine rings is 1. The third-order valence-corrected chi connectivity index (χ3v) is 5.94. The van der Waals surface area contributed by atoms with Crippen LogP contribution in [-0.4, -0.2) is 51.1 Å². The van der Waals surface area contributed by atoms with Gasteiger partial charge in [-0.25, -0.2) is 0 Å². The number of quaternary nitrogens is 2. The highest BCUT2D eigenvalue weighted by atomic mass is 35.5. The lowest BCUT2D eigenvalue weighted by Crippen LogP contribution is -3.28. The lowest BCUT2D eigenvalue weighted by molar-refractivity contribution is -1.00. The van der Waals surface area contributed by atoms with Crippen molar-refractivity contribution in [3.8, 4) is 0 Å². The van der Waals surface area contributed by atoms with E-state index >= 15 is 0 Å². The Morgan fingerprint density at radius 1 is 0.867 bits per heavy atom. The topological polar surface area (TPSA) is 67.1 Å². The molecule has 0 atom stereocenters. The second-order valence-electron chi connectivity index (χ2n) is 8.20. The molecule has 1 saturated heterocycles. The number of benzene rings is 2. The third-order valence-electron chi connectivity index (χ3n) is 5.63. The minimum Gasteiger partial charge on any atom is -0.321 e. The van der Waals surface area contributed by atoms with E-state index in [-0.39, 0.29) is 11.8 Å². The summed E-state index contributed by atoms with van der Waals surface area (Å²) in [4.78, 5) is 27.4. The molecule has 0 spiro atoms. The number of carbonyl (C=O) groups excluding carboxylic acids is 2. The van der Waals surface area contributed by atoms with Gasteiger partial charge in [0.1, 0.15) is 26.2 Å². The summed E-state index contributed by atoms with van der Waals surface area (Å²) in [6, 6.07) is 11.6. The normalized spacial score (nSPS) is 18.7. The second kappa shape index (κ2) is 10.1. The van der Waals surface area contributed by atoms with Crippen LogP contribution in [0.15, 0.2) is 36.4 Å². The Morgan fingerprint density at radius 2 is 1.40 bits per heavy atom. The molecule has 0 saturated carbocycles. The highest BCUT2D eigenvalue weighted by Crippen LogP contribution is 2.22. The number of hydrogen-bond donors (Lipinski definition) is 4. The quantitative estimate of drug-likeness (QED) is 0.543. The van der Waals surface area contributed by atoms with E-state index in [0.29, 0.717) is 23.8 Å². The standard InChI is InChI=1S/C23H29ClN4O2/c1-16-7-8-20(19(24)13-16)25-21(29)14-27-9-11-28(12-10-27)15-22(30)26-23-17(2)5-4-6-18(23)3/h4-8,13H,9-12,14-15H2,1-3H3,(H,25,29)(H,26,30)/p+2. The summed E-state index contributed by atoms with van der Waals surface area (Å²) in [6.45, 7) is 10.3. The molecule has 2 amide bonds. The van der Waals surface area contributed by atoms with Crippen LogP contribution in [0.4, 0.5) is 11.4 Å². The zero-order chi connectivity index (χ0) is 21.7. The molecule has 160 valence electrons. The van der Waals surface area contributed by atoms with Crippen molar-refractivity contribution < 1.29 is 19.4 Å². The number of amides is 2. The average Bonchev–Trinajstić information content (AvgIpc) is 2.69. The van der Waals surface area contributed by atoms with Gasteiger partial charge in [-0.05, 0) is 49.6 Å². The predicted octanol–water partition coefficient (Wildman–Crippen LogP) is 0.626. The molecule has 1 aliphatic rings. The van der Waals surface area contributed by atoms with Gasteiger partial charge in [-0.2, -0.15) is 0 Å². The summed E-state index contributed by atoms with van der Waals surface area (Å²) in [5.74, 6) is 0.00424. The Bertz CT molecular complexity index is 903. The minimum absolute atomic E-state index is 0.0352. The molecule has 0 radical (unpaired) electrons. The highest BCUT2D eigenvalue weighted by Gasteiger charge is 2.26. The molecule has 6 nitrogen and oxygen atoms in total. The van der Waals surface area contributed by atoms with E-state index in [0.717, 1.165) is 48.6 Å². The molecule has 1 heterocycles. The first-order valence-electron chi connectivity index (χ1n) is 10.4. The molecule has 4 N–H and O–H groups in total. The smallest absolute Gasteiger partial charge is 0.279 e. The molecule has 30 heavy (non-hydrogen) atoms. The van der Waals surface area contributed by atoms with E-state index in [1.54, 1.807) is 0 Å². The van der Waals surface area contributed by atoms with Gasteiger partial charge < -0.3 is 20.4 Å². The molecule has 7 heteroatoms. The number of anilines is 2. The number of para-hydroxylation sites is 1. The van der Waals surface area contributed by atoms with Crippen molar-refractivity contribution >= 4 is 34.8 Å². The SMILES string of the molecule is Cc1ccc(NC(=O)C[NH+]2CC[NH+](CC(=O)Nc3c(C)cccc3C)CC2)c(Cl)c1. The number of carbonyl (C=O) groups is 2. The molecule has 0 aromatic heterocycles. The largest absolute Gasteiger partial charge is 0.321 e. The number of halogens is 1. The predicted molar refractivity (Wildman–Crippen MR) is 120 cm³/mol. The maximum absolute atomic E-state index is 12.5. The Labute approximate surface area is 183 Å². The van der Waals surface area contributed by atoms with E-state index in [9.17, 15) is 9.59 Å². The number of nitrogens with one attached hydrogen (secondary N) is 4. The van der Waals surface area contributed by atoms with Gasteiger partial charge in [0, 0.05) is 5.69 Å².